The number of aromatic amines is 1. The summed E-state index contributed by atoms with van der Waals surface area (Å²) in [7, 11) is 4.01. The minimum absolute atomic E-state index is 0.371. The molecule has 3 aromatic carbocycles. The fourth-order valence-electron chi connectivity index (χ4n) is 4.33. The van der Waals surface area contributed by atoms with Crippen molar-refractivity contribution in [3.8, 4) is 0 Å². The Kier molecular flexibility index (Phi) is 5.35. The fraction of sp³-hybridized carbons (Fsp3) is 0.174. The van der Waals surface area contributed by atoms with Crippen molar-refractivity contribution in [1.29, 1.82) is 0 Å². The molecule has 0 amide bonds. The number of rotatable bonds is 6. The first-order chi connectivity index (χ1) is 14.9. The van der Waals surface area contributed by atoms with E-state index in [-0.39, 0.29) is 0 Å². The van der Waals surface area contributed by atoms with Crippen molar-refractivity contribution in [3.05, 3.63) is 84.4 Å². The molecule has 0 atom stereocenters. The second-order valence-corrected chi connectivity index (χ2v) is 12.4. The predicted molar refractivity (Wildman–Crippen MR) is 126 cm³/mol. The van der Waals surface area contributed by atoms with Crippen molar-refractivity contribution in [2.24, 2.45) is 0 Å². The van der Waals surface area contributed by atoms with Crippen molar-refractivity contribution in [3.63, 3.8) is 0 Å². The molecule has 1 N–H and O–H groups in total. The zero-order chi connectivity index (χ0) is 22.1. The fourth-order valence-corrected chi connectivity index (χ4v) is 9.56. The summed E-state index contributed by atoms with van der Waals surface area (Å²) in [5, 5.41) is 12.7. The van der Waals surface area contributed by atoms with Crippen LogP contribution in [0, 0.1) is 0 Å². The normalized spacial score (nSPS) is 13.3. The van der Waals surface area contributed by atoms with Crippen LogP contribution >= 0.6 is 7.13 Å². The van der Waals surface area contributed by atoms with Gasteiger partial charge in [-0.1, -0.05) is 0 Å². The van der Waals surface area contributed by atoms with Crippen LogP contribution in [0.25, 0.3) is 11.0 Å². The average Bonchev–Trinajstić information content (AvgIpc) is 3.27. The van der Waals surface area contributed by atoms with E-state index in [0.717, 1.165) is 10.6 Å². The number of H-pyrrole nitrogens is 1. The van der Waals surface area contributed by atoms with E-state index in [2.05, 4.69) is 24.8 Å². The van der Waals surface area contributed by atoms with E-state index in [1.54, 1.807) is 12.1 Å². The molecular weight excluding hydrogens is 409 g/mol. The Labute approximate surface area is 181 Å². The molecule has 4 rings (SSSR count). The van der Waals surface area contributed by atoms with Gasteiger partial charge in [0, 0.05) is 0 Å². The summed E-state index contributed by atoms with van der Waals surface area (Å²) in [5.74, 6) is -0.452. The van der Waals surface area contributed by atoms with E-state index in [1.165, 1.54) is 0 Å². The molecule has 8 heteroatoms. The standard InChI is InChI=1S/C23H26N5O2P/c1-27(2)31(28(3)4,18-12-7-5-8-13-18,19-14-9-6-10-15-19)30-23(29)20-16-11-17-21-22(20)25-26-24-21/h5-17H,1-4H3,(H,24,25,26). The molecule has 0 saturated heterocycles. The van der Waals surface area contributed by atoms with E-state index < -0.39 is 13.1 Å². The van der Waals surface area contributed by atoms with Crippen LogP contribution in [0.5, 0.6) is 0 Å². The summed E-state index contributed by atoms with van der Waals surface area (Å²) in [6.07, 6.45) is 0. The van der Waals surface area contributed by atoms with E-state index in [4.69, 9.17) is 4.52 Å². The molecule has 160 valence electrons. The summed E-state index contributed by atoms with van der Waals surface area (Å²) in [6.45, 7) is 0. The zero-order valence-corrected chi connectivity index (χ0v) is 19.0. The molecule has 31 heavy (non-hydrogen) atoms. The maximum atomic E-state index is 13.8. The molecule has 4 aromatic rings. The molecule has 0 aliphatic carbocycles. The van der Waals surface area contributed by atoms with Gasteiger partial charge in [-0.05, 0) is 0 Å². The molecule has 7 nitrogen and oxygen atoms in total. The molecule has 0 radical (unpaired) electrons. The molecule has 0 aliphatic rings. The van der Waals surface area contributed by atoms with Gasteiger partial charge in [-0.3, -0.25) is 0 Å². The summed E-state index contributed by atoms with van der Waals surface area (Å²) >= 11 is 0. The van der Waals surface area contributed by atoms with Gasteiger partial charge in [0.05, 0.1) is 0 Å². The number of benzene rings is 3. The number of nitrogens with one attached hydrogen (secondary N) is 1. The minimum atomic E-state index is -3.83. The third-order valence-corrected chi connectivity index (χ3v) is 11.7. The molecule has 0 spiro atoms. The number of hydrogen-bond donors (Lipinski definition) is 1. The summed E-state index contributed by atoms with van der Waals surface area (Å²) in [4.78, 5) is 13.8. The Hall–Kier alpha value is -3.12. The SMILES string of the molecule is CN(C)P(OC(=O)c1cccc2n[nH]nc12)(c1ccccc1)(c1ccccc1)N(C)C. The zero-order valence-electron chi connectivity index (χ0n) is 18.1. The van der Waals surface area contributed by atoms with E-state index in [9.17, 15) is 4.79 Å². The number of fused-ring (bicyclic) bond motifs is 1. The summed E-state index contributed by atoms with van der Waals surface area (Å²) in [5.41, 5.74) is 1.47. The summed E-state index contributed by atoms with van der Waals surface area (Å²) in [6, 6.07) is 25.2. The molecular formula is C23H26N5O2P. The van der Waals surface area contributed by atoms with E-state index in [0.29, 0.717) is 16.6 Å². The Morgan fingerprint density at radius 1 is 0.774 bits per heavy atom. The first kappa shape index (κ1) is 21.1. The number of aromatic nitrogens is 3. The maximum absolute atomic E-state index is 13.8. The Balaban J connectivity index is 2.03. The van der Waals surface area contributed by atoms with Gasteiger partial charge in [0.15, 0.2) is 0 Å². The molecule has 0 unspecified atom stereocenters. The number of hydrogen-bond acceptors (Lipinski definition) is 6. The van der Waals surface area contributed by atoms with Crippen LogP contribution in [0.3, 0.4) is 0 Å². The molecule has 1 heterocycles. The second kappa shape index (κ2) is 7.85. The topological polar surface area (TPSA) is 74.3 Å². The first-order valence-electron chi connectivity index (χ1n) is 9.94. The second-order valence-electron chi connectivity index (χ2n) is 7.69. The van der Waals surface area contributed by atoms with Gasteiger partial charge in [0.25, 0.3) is 0 Å². The molecule has 1 aromatic heterocycles. The number of nitrogens with zero attached hydrogens (tertiary/aromatic N) is 4. The van der Waals surface area contributed by atoms with Gasteiger partial charge in [-0.15, -0.1) is 0 Å². The van der Waals surface area contributed by atoms with Gasteiger partial charge in [0.2, 0.25) is 0 Å². The molecule has 0 fully saturated rings. The van der Waals surface area contributed by atoms with E-state index >= 15 is 0 Å². The Morgan fingerprint density at radius 2 is 1.32 bits per heavy atom. The number of carbonyl (C=O) groups is 1. The van der Waals surface area contributed by atoms with E-state index in [1.807, 2.05) is 94.9 Å². The number of para-hydroxylation sites is 1. The quantitative estimate of drug-likeness (QED) is 0.469. The van der Waals surface area contributed by atoms with Crippen molar-refractivity contribution in [2.75, 3.05) is 28.2 Å². The molecule has 0 aliphatic heterocycles. The van der Waals surface area contributed by atoms with Crippen LogP contribution in [0.1, 0.15) is 10.4 Å². The van der Waals surface area contributed by atoms with Crippen LogP contribution in [-0.4, -0.2) is 58.9 Å². The predicted octanol–water partition coefficient (Wildman–Crippen LogP) is 3.19. The van der Waals surface area contributed by atoms with Gasteiger partial charge in [0.1, 0.15) is 0 Å². The Morgan fingerprint density at radius 3 is 1.84 bits per heavy atom. The van der Waals surface area contributed by atoms with Gasteiger partial charge in [-0.2, -0.15) is 0 Å². The van der Waals surface area contributed by atoms with Crippen molar-refractivity contribution in [1.82, 2.24) is 24.8 Å². The van der Waals surface area contributed by atoms with Crippen LogP contribution in [0.2, 0.25) is 0 Å². The van der Waals surface area contributed by atoms with Crippen molar-refractivity contribution >= 4 is 34.7 Å². The van der Waals surface area contributed by atoms with Crippen LogP contribution < -0.4 is 10.6 Å². The van der Waals surface area contributed by atoms with Crippen LogP contribution in [0.4, 0.5) is 0 Å². The first-order valence-corrected chi connectivity index (χ1v) is 12.0. The average molecular weight is 435 g/mol. The third kappa shape index (κ3) is 2.97. The van der Waals surface area contributed by atoms with Crippen molar-refractivity contribution in [2.45, 2.75) is 0 Å². The molecule has 0 bridgehead atoms. The van der Waals surface area contributed by atoms with Gasteiger partial charge >= 0.3 is 181 Å². The summed E-state index contributed by atoms with van der Waals surface area (Å²) < 4.78 is 10.9. The molecule has 0 saturated carbocycles. The van der Waals surface area contributed by atoms with Crippen molar-refractivity contribution < 1.29 is 9.32 Å². The third-order valence-electron chi connectivity index (χ3n) is 5.75. The monoisotopic (exact) mass is 435 g/mol. The number of carbonyl (C=O) groups excluding carboxylic acids is 1. The Bertz CT molecular complexity index is 1160. The van der Waals surface area contributed by atoms with Gasteiger partial charge < -0.3 is 0 Å². The van der Waals surface area contributed by atoms with Crippen LogP contribution in [0.15, 0.2) is 78.9 Å². The van der Waals surface area contributed by atoms with Crippen LogP contribution in [-0.2, 0) is 4.52 Å². The van der Waals surface area contributed by atoms with Gasteiger partial charge in [-0.25, -0.2) is 0 Å².